The number of benzene rings is 1. The fourth-order valence-corrected chi connectivity index (χ4v) is 1.44. The van der Waals surface area contributed by atoms with Crippen LogP contribution in [-0.2, 0) is 9.59 Å². The van der Waals surface area contributed by atoms with Gasteiger partial charge in [0.05, 0.1) is 7.11 Å². The van der Waals surface area contributed by atoms with Crippen LogP contribution < -0.4 is 10.1 Å². The van der Waals surface area contributed by atoms with Crippen LogP contribution in [-0.4, -0.2) is 36.4 Å². The van der Waals surface area contributed by atoms with Crippen LogP contribution >= 0.6 is 0 Å². The fraction of sp³-hybridized carbons (Fsp3) is 0.250. The van der Waals surface area contributed by atoms with Gasteiger partial charge >= 0.3 is 5.97 Å². The van der Waals surface area contributed by atoms with Gasteiger partial charge in [0.25, 0.3) is 0 Å². The maximum atomic E-state index is 13.4. The molecule has 0 radical (unpaired) electrons. The van der Waals surface area contributed by atoms with E-state index >= 15 is 0 Å². The topological polar surface area (TPSA) is 92.7 Å². The smallest absolute Gasteiger partial charge is 0.326 e. The summed E-state index contributed by atoms with van der Waals surface area (Å²) in [6.45, 7) is 0. The molecule has 1 unspecified atom stereocenters. The van der Waals surface area contributed by atoms with Crippen LogP contribution in [0.3, 0.4) is 0 Å². The molecule has 7 heteroatoms. The number of aliphatic carboxylic acids is 1. The van der Waals surface area contributed by atoms with Gasteiger partial charge in [-0.25, -0.2) is 9.18 Å². The minimum absolute atomic E-state index is 0.0113. The number of carbonyl (C=O) groups excluding carboxylic acids is 2. The van der Waals surface area contributed by atoms with Crippen molar-refractivity contribution < 1.29 is 28.6 Å². The minimum Gasteiger partial charge on any atom is -0.494 e. The van der Waals surface area contributed by atoms with E-state index in [2.05, 4.69) is 0 Å². The van der Waals surface area contributed by atoms with Crippen LogP contribution in [0.5, 0.6) is 5.75 Å². The third-order valence-electron chi connectivity index (χ3n) is 2.43. The van der Waals surface area contributed by atoms with E-state index in [4.69, 9.17) is 9.84 Å². The Bertz CT molecular complexity index is 503. The molecule has 0 aliphatic heterocycles. The van der Waals surface area contributed by atoms with Crippen molar-refractivity contribution in [2.45, 2.75) is 12.5 Å². The van der Waals surface area contributed by atoms with Crippen molar-refractivity contribution in [3.05, 3.63) is 29.6 Å². The minimum atomic E-state index is -1.34. The average molecular weight is 269 g/mol. The summed E-state index contributed by atoms with van der Waals surface area (Å²) in [5, 5.41) is 10.8. The summed E-state index contributed by atoms with van der Waals surface area (Å²) in [5.74, 6) is -2.67. The highest BCUT2D eigenvalue weighted by Gasteiger charge is 2.21. The Morgan fingerprint density at radius 1 is 1.53 bits per heavy atom. The number of carboxylic acids is 1. The molecule has 19 heavy (non-hydrogen) atoms. The van der Waals surface area contributed by atoms with Crippen molar-refractivity contribution in [1.82, 2.24) is 5.32 Å². The highest BCUT2D eigenvalue weighted by atomic mass is 19.1. The zero-order chi connectivity index (χ0) is 14.4. The fourth-order valence-electron chi connectivity index (χ4n) is 1.44. The molecule has 1 rings (SSSR count). The van der Waals surface area contributed by atoms with Crippen LogP contribution in [0.1, 0.15) is 16.8 Å². The average Bonchev–Trinajstić information content (AvgIpc) is 2.37. The Kier molecular flexibility index (Phi) is 4.99. The van der Waals surface area contributed by atoms with E-state index in [1.165, 1.54) is 19.2 Å². The molecule has 1 aromatic rings. The van der Waals surface area contributed by atoms with E-state index in [9.17, 15) is 18.8 Å². The van der Waals surface area contributed by atoms with Crippen LogP contribution in [0.2, 0.25) is 0 Å². The van der Waals surface area contributed by atoms with Gasteiger partial charge in [-0.05, 0) is 18.2 Å². The Morgan fingerprint density at radius 3 is 2.68 bits per heavy atom. The first-order valence-electron chi connectivity index (χ1n) is 5.28. The van der Waals surface area contributed by atoms with Gasteiger partial charge in [-0.1, -0.05) is 0 Å². The lowest BCUT2D eigenvalue weighted by Crippen LogP contribution is -2.37. The number of carboxylic acid groups (broad SMARTS) is 1. The van der Waals surface area contributed by atoms with Crippen molar-refractivity contribution in [1.29, 1.82) is 0 Å². The van der Waals surface area contributed by atoms with Crippen LogP contribution in [0, 0.1) is 5.82 Å². The Morgan fingerprint density at radius 2 is 2.21 bits per heavy atom. The van der Waals surface area contributed by atoms with Crippen molar-refractivity contribution in [3.63, 3.8) is 0 Å². The zero-order valence-electron chi connectivity index (χ0n) is 10.1. The van der Waals surface area contributed by atoms with E-state index in [0.717, 1.165) is 6.07 Å². The molecule has 0 aliphatic carbocycles. The van der Waals surface area contributed by atoms with Crippen LogP contribution in [0.4, 0.5) is 4.39 Å². The largest absolute Gasteiger partial charge is 0.494 e. The van der Waals surface area contributed by atoms with Gasteiger partial charge in [-0.15, -0.1) is 0 Å². The molecule has 0 aliphatic rings. The number of methoxy groups -OCH3 is 1. The summed E-state index contributed by atoms with van der Waals surface area (Å²) in [6, 6.07) is 2.21. The third-order valence-corrected chi connectivity index (χ3v) is 2.43. The van der Waals surface area contributed by atoms with Gasteiger partial charge in [0.1, 0.15) is 6.04 Å². The van der Waals surface area contributed by atoms with Gasteiger partial charge < -0.3 is 15.2 Å². The predicted molar refractivity (Wildman–Crippen MR) is 62.5 cm³/mol. The number of halogens is 1. The van der Waals surface area contributed by atoms with Gasteiger partial charge in [-0.3, -0.25) is 9.59 Å². The third kappa shape index (κ3) is 3.77. The number of hydrogen-bond donors (Lipinski definition) is 2. The molecule has 0 bridgehead atoms. The SMILES string of the molecule is COc1ccc(C(=O)CC(NC=O)C(=O)O)cc1F. The standard InChI is InChI=1S/C12H12FNO5/c1-19-11-3-2-7(4-8(11)13)10(16)5-9(12(17)18)14-6-15/h2-4,6,9H,5H2,1H3,(H,14,15)(H,17,18). The molecule has 1 atom stereocenters. The number of ketones is 1. The second-order valence-corrected chi connectivity index (χ2v) is 3.65. The highest BCUT2D eigenvalue weighted by molar-refractivity contribution is 5.99. The molecule has 1 amide bonds. The van der Waals surface area contributed by atoms with E-state index < -0.39 is 30.0 Å². The maximum Gasteiger partial charge on any atom is 0.326 e. The molecule has 0 saturated heterocycles. The lowest BCUT2D eigenvalue weighted by atomic mass is 10.0. The number of carbonyl (C=O) groups is 3. The Balaban J connectivity index is 2.85. The Labute approximate surface area is 108 Å². The summed E-state index contributed by atoms with van der Waals surface area (Å²) in [4.78, 5) is 32.7. The van der Waals surface area contributed by atoms with E-state index in [-0.39, 0.29) is 17.7 Å². The quantitative estimate of drug-likeness (QED) is 0.558. The first-order chi connectivity index (χ1) is 8.99. The molecular weight excluding hydrogens is 257 g/mol. The van der Waals surface area contributed by atoms with Crippen molar-refractivity contribution >= 4 is 18.2 Å². The summed E-state index contributed by atoms with van der Waals surface area (Å²) < 4.78 is 18.1. The number of hydrogen-bond acceptors (Lipinski definition) is 4. The van der Waals surface area contributed by atoms with E-state index in [1.807, 2.05) is 5.32 Å². The highest BCUT2D eigenvalue weighted by Crippen LogP contribution is 2.18. The van der Waals surface area contributed by atoms with Crippen molar-refractivity contribution in [2.24, 2.45) is 0 Å². The molecule has 0 spiro atoms. The maximum absolute atomic E-state index is 13.4. The van der Waals surface area contributed by atoms with Crippen LogP contribution in [0.25, 0.3) is 0 Å². The molecule has 0 heterocycles. The first-order valence-corrected chi connectivity index (χ1v) is 5.28. The monoisotopic (exact) mass is 269 g/mol. The zero-order valence-corrected chi connectivity index (χ0v) is 10.1. The molecule has 102 valence electrons. The molecule has 0 saturated carbocycles. The number of amides is 1. The number of Topliss-reactive ketones (excluding diaryl/α,β-unsaturated/α-hetero) is 1. The second-order valence-electron chi connectivity index (χ2n) is 3.65. The molecule has 6 nitrogen and oxygen atoms in total. The molecular formula is C12H12FNO5. The van der Waals surface area contributed by atoms with E-state index in [1.54, 1.807) is 0 Å². The summed E-state index contributed by atoms with van der Waals surface area (Å²) in [5.41, 5.74) is 0.0113. The van der Waals surface area contributed by atoms with Gasteiger partial charge in [0.2, 0.25) is 6.41 Å². The molecule has 2 N–H and O–H groups in total. The van der Waals surface area contributed by atoms with Gasteiger partial charge in [0, 0.05) is 12.0 Å². The summed E-state index contributed by atoms with van der Waals surface area (Å²) >= 11 is 0. The van der Waals surface area contributed by atoms with Gasteiger partial charge in [-0.2, -0.15) is 0 Å². The first kappa shape index (κ1) is 14.6. The normalized spacial score (nSPS) is 11.5. The van der Waals surface area contributed by atoms with Crippen molar-refractivity contribution in [2.75, 3.05) is 7.11 Å². The summed E-state index contributed by atoms with van der Waals surface area (Å²) in [7, 11) is 1.29. The molecule has 0 fully saturated rings. The molecule has 1 aromatic carbocycles. The van der Waals surface area contributed by atoms with Gasteiger partial charge in [0.15, 0.2) is 17.3 Å². The van der Waals surface area contributed by atoms with Crippen molar-refractivity contribution in [3.8, 4) is 5.75 Å². The lowest BCUT2D eigenvalue weighted by Gasteiger charge is -2.10. The number of rotatable bonds is 7. The predicted octanol–water partition coefficient (Wildman–Crippen LogP) is 0.606. The lowest BCUT2D eigenvalue weighted by molar-refractivity contribution is -0.140. The van der Waals surface area contributed by atoms with Crippen LogP contribution in [0.15, 0.2) is 18.2 Å². The second kappa shape index (κ2) is 6.48. The number of ether oxygens (including phenoxy) is 1. The summed E-state index contributed by atoms with van der Waals surface area (Å²) in [6.07, 6.45) is -0.263. The van der Waals surface area contributed by atoms with E-state index in [0.29, 0.717) is 0 Å². The molecule has 0 aromatic heterocycles. The Hall–Kier alpha value is -2.44. The number of nitrogens with one attached hydrogen (secondary N) is 1.